The molecule has 0 radical (unpaired) electrons. The molecule has 1 aliphatic heterocycles. The molecule has 1 aromatic heterocycles. The van der Waals surface area contributed by atoms with E-state index in [4.69, 9.17) is 14.2 Å². The number of hydrogen-bond donors (Lipinski definition) is 4. The quantitative estimate of drug-likeness (QED) is 0.397. The van der Waals surface area contributed by atoms with Gasteiger partial charge in [-0.15, -0.1) is 0 Å². The Morgan fingerprint density at radius 3 is 2.58 bits per heavy atom. The van der Waals surface area contributed by atoms with Crippen molar-refractivity contribution in [1.29, 1.82) is 0 Å². The molecule has 10 nitrogen and oxygen atoms in total. The Kier molecular flexibility index (Phi) is 6.38. The van der Waals surface area contributed by atoms with Crippen molar-refractivity contribution in [3.63, 3.8) is 0 Å². The summed E-state index contributed by atoms with van der Waals surface area (Å²) in [4.78, 5) is 32.0. The first-order chi connectivity index (χ1) is 12.0. The van der Waals surface area contributed by atoms with Crippen LogP contribution in [0.25, 0.3) is 0 Å². The Morgan fingerprint density at radius 1 is 1.42 bits per heavy atom. The third-order valence-corrected chi connectivity index (χ3v) is 4.60. The first kappa shape index (κ1) is 20.8. The number of nitrogens with one attached hydrogen (secondary N) is 1. The number of aromatic hydroxyl groups is 1. The topological polar surface area (TPSA) is 142 Å². The minimum absolute atomic E-state index is 0.209. The standard InChI is InChI=1S/C15H23N2O8P/c1-8(2)24-12-11(9(3)7-26(20,21)22)25-14(13(12)23-4)17-6-5-10(18)16-15(17)19/h5-8,11-14H,1-4H3,(H3,16,18,19,20,21,22)/p+1/b9-7+/t11-,12?,13?,14-/m1/s1. The molecule has 11 heteroatoms. The minimum Gasteiger partial charge on any atom is -0.446 e. The van der Waals surface area contributed by atoms with Gasteiger partial charge >= 0.3 is 19.2 Å². The summed E-state index contributed by atoms with van der Waals surface area (Å²) in [6.07, 6.45) is -1.97. The van der Waals surface area contributed by atoms with E-state index in [0.29, 0.717) is 0 Å². The van der Waals surface area contributed by atoms with Crippen molar-refractivity contribution in [2.75, 3.05) is 7.11 Å². The van der Waals surface area contributed by atoms with E-state index in [2.05, 4.69) is 4.98 Å². The van der Waals surface area contributed by atoms with Gasteiger partial charge in [0.05, 0.1) is 12.2 Å². The molecule has 4 atom stereocenters. The maximum Gasteiger partial charge on any atom is 0.456 e. The highest BCUT2D eigenvalue weighted by molar-refractivity contribution is 7.55. The van der Waals surface area contributed by atoms with Crippen molar-refractivity contribution < 1.29 is 38.2 Å². The highest BCUT2D eigenvalue weighted by Gasteiger charge is 2.51. The molecule has 1 aromatic rings. The fraction of sp³-hybridized carbons (Fsp3) is 0.600. The number of methoxy groups -OCH3 is 1. The van der Waals surface area contributed by atoms with Gasteiger partial charge in [0.15, 0.2) is 6.10 Å². The van der Waals surface area contributed by atoms with Crippen molar-refractivity contribution in [2.45, 2.75) is 51.4 Å². The zero-order chi connectivity index (χ0) is 19.6. The van der Waals surface area contributed by atoms with Gasteiger partial charge in [0.25, 0.3) is 0 Å². The number of ether oxygens (including phenoxy) is 3. The fourth-order valence-corrected chi connectivity index (χ4v) is 3.60. The second-order valence-electron chi connectivity index (χ2n) is 6.30. The molecular weight excluding hydrogens is 367 g/mol. The first-order valence-corrected chi connectivity index (χ1v) is 9.63. The molecule has 0 bridgehead atoms. The van der Waals surface area contributed by atoms with Crippen LogP contribution in [0, 0.1) is 0 Å². The third-order valence-electron chi connectivity index (χ3n) is 3.85. The smallest absolute Gasteiger partial charge is 0.446 e. The number of aromatic amines is 1. The van der Waals surface area contributed by atoms with Crippen molar-refractivity contribution >= 4 is 7.60 Å². The summed E-state index contributed by atoms with van der Waals surface area (Å²) in [6, 6.07) is 0.768. The minimum atomic E-state index is -4.41. The number of nitrogens with zero attached hydrogens (tertiary/aromatic N) is 1. The van der Waals surface area contributed by atoms with Crippen LogP contribution < -0.4 is 10.1 Å². The lowest BCUT2D eigenvalue weighted by Crippen LogP contribution is -2.48. The zero-order valence-corrected chi connectivity index (χ0v) is 15.8. The second-order valence-corrected chi connectivity index (χ2v) is 7.73. The fourth-order valence-electron chi connectivity index (χ4n) is 2.92. The van der Waals surface area contributed by atoms with Crippen LogP contribution in [0.2, 0.25) is 0 Å². The van der Waals surface area contributed by atoms with Crippen LogP contribution in [0.15, 0.2) is 28.4 Å². The van der Waals surface area contributed by atoms with Crippen molar-refractivity contribution in [3.05, 3.63) is 34.0 Å². The summed E-state index contributed by atoms with van der Waals surface area (Å²) in [5, 5.41) is 10.0. The molecule has 1 saturated heterocycles. The van der Waals surface area contributed by atoms with Crippen LogP contribution in [0.3, 0.4) is 0 Å². The average molecular weight is 391 g/mol. The van der Waals surface area contributed by atoms with Gasteiger partial charge in [0.2, 0.25) is 6.23 Å². The lowest BCUT2D eigenvalue weighted by molar-refractivity contribution is -0.772. The monoisotopic (exact) mass is 391 g/mol. The van der Waals surface area contributed by atoms with E-state index in [1.54, 1.807) is 0 Å². The molecule has 0 aliphatic carbocycles. The van der Waals surface area contributed by atoms with E-state index in [9.17, 15) is 24.3 Å². The van der Waals surface area contributed by atoms with Crippen LogP contribution in [0.5, 0.6) is 6.01 Å². The van der Waals surface area contributed by atoms with E-state index in [-0.39, 0.29) is 11.7 Å². The summed E-state index contributed by atoms with van der Waals surface area (Å²) in [6.45, 7) is 5.14. The van der Waals surface area contributed by atoms with Crippen LogP contribution in [0.1, 0.15) is 27.0 Å². The highest BCUT2D eigenvalue weighted by Crippen LogP contribution is 2.42. The zero-order valence-electron chi connectivity index (χ0n) is 14.9. The van der Waals surface area contributed by atoms with E-state index in [0.717, 1.165) is 5.82 Å². The van der Waals surface area contributed by atoms with Crippen molar-refractivity contribution in [1.82, 2.24) is 4.98 Å². The lowest BCUT2D eigenvalue weighted by atomic mass is 10.0. The second kappa shape index (κ2) is 7.99. The number of H-pyrrole nitrogens is 1. The Bertz CT molecular complexity index is 771. The largest absolute Gasteiger partial charge is 0.456 e. The predicted molar refractivity (Wildman–Crippen MR) is 89.4 cm³/mol. The molecule has 2 unspecified atom stereocenters. The molecule has 0 saturated carbocycles. The lowest BCUT2D eigenvalue weighted by Gasteiger charge is -2.25. The summed E-state index contributed by atoms with van der Waals surface area (Å²) < 4.78 is 29.9. The van der Waals surface area contributed by atoms with Crippen molar-refractivity contribution in [3.8, 4) is 6.01 Å². The molecule has 0 amide bonds. The Morgan fingerprint density at radius 2 is 2.08 bits per heavy atom. The summed E-state index contributed by atoms with van der Waals surface area (Å²) >= 11 is 0. The van der Waals surface area contributed by atoms with Gasteiger partial charge in [0, 0.05) is 12.9 Å². The van der Waals surface area contributed by atoms with Crippen LogP contribution in [-0.4, -0.2) is 51.4 Å². The van der Waals surface area contributed by atoms with E-state index in [1.807, 2.05) is 13.8 Å². The number of rotatable bonds is 6. The van der Waals surface area contributed by atoms with Gasteiger partial charge in [-0.3, -0.25) is 4.57 Å². The van der Waals surface area contributed by atoms with Gasteiger partial charge < -0.3 is 29.1 Å². The predicted octanol–water partition coefficient (Wildman–Crippen LogP) is 0.155. The number of aromatic nitrogens is 2. The average Bonchev–Trinajstić information content (AvgIpc) is 2.83. The molecule has 1 aliphatic rings. The number of hydrogen-bond acceptors (Lipinski definition) is 6. The molecule has 2 rings (SSSR count). The molecule has 4 N–H and O–H groups in total. The van der Waals surface area contributed by atoms with Crippen LogP contribution >= 0.6 is 7.60 Å². The molecular formula is C15H24N2O8P+. The Hall–Kier alpha value is -1.55. The molecule has 0 spiro atoms. The van der Waals surface area contributed by atoms with Crippen LogP contribution in [0.4, 0.5) is 0 Å². The molecule has 1 fully saturated rings. The van der Waals surface area contributed by atoms with Gasteiger partial charge in [-0.05, 0) is 26.3 Å². The first-order valence-electron chi connectivity index (χ1n) is 7.95. The molecule has 0 aromatic carbocycles. The van der Waals surface area contributed by atoms with Gasteiger partial charge in [-0.25, -0.2) is 4.79 Å². The van der Waals surface area contributed by atoms with Crippen molar-refractivity contribution in [2.24, 2.45) is 0 Å². The highest BCUT2D eigenvalue weighted by atomic mass is 31.2. The van der Waals surface area contributed by atoms with Gasteiger partial charge in [-0.1, -0.05) is 0 Å². The molecule has 26 heavy (non-hydrogen) atoms. The van der Waals surface area contributed by atoms with Gasteiger partial charge in [-0.2, -0.15) is 9.55 Å². The Balaban J connectivity index is 2.47. The third kappa shape index (κ3) is 4.79. The van der Waals surface area contributed by atoms with E-state index < -0.39 is 43.7 Å². The van der Waals surface area contributed by atoms with E-state index >= 15 is 0 Å². The van der Waals surface area contributed by atoms with E-state index in [1.165, 1.54) is 30.9 Å². The normalized spacial score (nSPS) is 27.3. The summed E-state index contributed by atoms with van der Waals surface area (Å²) in [5.41, 5.74) is -0.215. The molecule has 2 heterocycles. The Labute approximate surface area is 150 Å². The maximum atomic E-state index is 11.3. The summed E-state index contributed by atoms with van der Waals surface area (Å²) in [7, 11) is -2.98. The molecule has 146 valence electrons. The van der Waals surface area contributed by atoms with Crippen LogP contribution in [-0.2, 0) is 18.8 Å². The maximum absolute atomic E-state index is 11.3. The van der Waals surface area contributed by atoms with Gasteiger partial charge in [0.1, 0.15) is 18.4 Å². The SMILES string of the molecule is COC1C(OC(C)C)[C@@H](/C(C)=C/P(=O)(O)O)O[C@H]1[n+]1ccc(=O)[nH]c1O. The summed E-state index contributed by atoms with van der Waals surface area (Å²) in [5.74, 6) is 0.820.